The highest BCUT2D eigenvalue weighted by Gasteiger charge is 2.55. The lowest BCUT2D eigenvalue weighted by atomic mass is 9.89. The van der Waals surface area contributed by atoms with Gasteiger partial charge in [-0.2, -0.15) is 16.8 Å². The Kier molecular flexibility index (Phi) is 7.66. The molecule has 24 heavy (non-hydrogen) atoms. The third-order valence-electron chi connectivity index (χ3n) is 3.37. The zero-order valence-electron chi connectivity index (χ0n) is 13.9. The van der Waals surface area contributed by atoms with Crippen LogP contribution in [0, 0.1) is 0 Å². The molecule has 0 amide bonds. The molecule has 1 fully saturated rings. The van der Waals surface area contributed by atoms with Crippen molar-refractivity contribution >= 4 is 28.1 Å². The first kappa shape index (κ1) is 21.8. The molecule has 1 aliphatic heterocycles. The van der Waals surface area contributed by atoms with Gasteiger partial charge in [-0.3, -0.25) is 8.37 Å². The molecule has 140 valence electrons. The van der Waals surface area contributed by atoms with Crippen LogP contribution in [0.4, 0.5) is 0 Å². The third-order valence-corrected chi connectivity index (χ3v) is 4.46. The van der Waals surface area contributed by atoms with Crippen molar-refractivity contribution in [2.45, 2.75) is 43.6 Å². The van der Waals surface area contributed by atoms with Crippen LogP contribution in [0.3, 0.4) is 0 Å². The average molecular weight is 386 g/mol. The van der Waals surface area contributed by atoms with Gasteiger partial charge in [0.15, 0.2) is 0 Å². The highest BCUT2D eigenvalue weighted by Crippen LogP contribution is 2.34. The molecule has 0 saturated carbocycles. The summed E-state index contributed by atoms with van der Waals surface area (Å²) in [5.41, 5.74) is -1.68. The van der Waals surface area contributed by atoms with E-state index in [1.54, 1.807) is 0 Å². The van der Waals surface area contributed by atoms with E-state index in [0.29, 0.717) is 6.42 Å². The van der Waals surface area contributed by atoms with Gasteiger partial charge >= 0.3 is 0 Å². The molecule has 12 heteroatoms. The van der Waals surface area contributed by atoms with E-state index in [4.69, 9.17) is 25.7 Å². The summed E-state index contributed by atoms with van der Waals surface area (Å²) < 4.78 is 65.6. The minimum Gasteiger partial charge on any atom is -0.388 e. The van der Waals surface area contributed by atoms with Crippen LogP contribution in [0.15, 0.2) is 0 Å². The van der Waals surface area contributed by atoms with E-state index in [1.807, 2.05) is 6.92 Å². The van der Waals surface area contributed by atoms with Crippen LogP contribution >= 0.6 is 0 Å². The number of hydrogen-bond donors (Lipinski definition) is 1. The van der Waals surface area contributed by atoms with Gasteiger partial charge in [0.1, 0.15) is 38.9 Å². The second-order valence-electron chi connectivity index (χ2n) is 5.72. The number of ether oxygens (including phenoxy) is 2. The molecule has 1 aliphatic rings. The molecule has 1 rings (SSSR count). The van der Waals surface area contributed by atoms with Gasteiger partial charge in [-0.05, 0) is 6.42 Å². The van der Waals surface area contributed by atoms with E-state index < -0.39 is 57.3 Å². The summed E-state index contributed by atoms with van der Waals surface area (Å²) in [7, 11) is -2.04. The number of hydrogen-bond acceptors (Lipinski definition) is 9. The van der Waals surface area contributed by atoms with E-state index in [9.17, 15) is 21.9 Å². The molecule has 0 aliphatic carbocycles. The number of rotatable bonds is 10. The van der Waals surface area contributed by atoms with Crippen molar-refractivity contribution in [2.75, 3.05) is 32.3 Å². The predicted molar refractivity (Wildman–Crippen MR) is 85.6 cm³/mol. The fourth-order valence-electron chi connectivity index (χ4n) is 2.18. The normalized spacial score (nSPS) is 27.4. The topological polar surface area (TPSA) is 125 Å². The van der Waals surface area contributed by atoms with Crippen LogP contribution in [-0.2, 0) is 38.1 Å². The number of unbranched alkanes of at least 4 members (excludes halogenated alkanes) is 1. The summed E-state index contributed by atoms with van der Waals surface area (Å²) in [5.74, 6) is 0. The average Bonchev–Trinajstić information content (AvgIpc) is 2.67. The predicted octanol–water partition coefficient (Wildman–Crippen LogP) is -1.25. The SMILES string of the molecule is [B][C@@H]1OC(COS(C)(=O)=O)(COS(C)(=O)=O)[C@H](OCCCC)C1O. The van der Waals surface area contributed by atoms with Gasteiger partial charge < -0.3 is 14.6 Å². The summed E-state index contributed by atoms with van der Waals surface area (Å²) in [4.78, 5) is 0. The van der Waals surface area contributed by atoms with Crippen LogP contribution in [0.25, 0.3) is 0 Å². The molecule has 0 spiro atoms. The zero-order valence-corrected chi connectivity index (χ0v) is 15.5. The van der Waals surface area contributed by atoms with Crippen molar-refractivity contribution in [3.63, 3.8) is 0 Å². The fraction of sp³-hybridized carbons (Fsp3) is 1.00. The molecule has 1 unspecified atom stereocenters. The Labute approximate surface area is 144 Å². The molecular formula is C12H23BO9S2. The number of aliphatic hydroxyl groups is 1. The standard InChI is InChI=1S/C12H23BO9S2/c1-4-5-6-19-10-9(14)11(13)22-12(10,7-20-23(2,15)16)8-21-24(3,17)18/h9-11,14H,4-8H2,1-3H3/t9?,10-,11-/m1/s1. The van der Waals surface area contributed by atoms with Gasteiger partial charge in [-0.25, -0.2) is 0 Å². The Morgan fingerprint density at radius 2 is 1.62 bits per heavy atom. The molecule has 9 nitrogen and oxygen atoms in total. The molecule has 1 N–H and O–H groups in total. The maximum Gasteiger partial charge on any atom is 0.264 e. The lowest BCUT2D eigenvalue weighted by Gasteiger charge is -2.33. The Morgan fingerprint density at radius 1 is 1.12 bits per heavy atom. The van der Waals surface area contributed by atoms with Crippen molar-refractivity contribution in [2.24, 2.45) is 0 Å². The minimum atomic E-state index is -3.85. The monoisotopic (exact) mass is 386 g/mol. The third kappa shape index (κ3) is 6.58. The summed E-state index contributed by atoms with van der Waals surface area (Å²) in [5, 5.41) is 10.2. The van der Waals surface area contributed by atoms with Crippen molar-refractivity contribution in [1.29, 1.82) is 0 Å². The molecular weight excluding hydrogens is 363 g/mol. The van der Waals surface area contributed by atoms with Gasteiger partial charge in [0, 0.05) is 12.6 Å². The summed E-state index contributed by atoms with van der Waals surface area (Å²) in [6.07, 6.45) is 0.750. The molecule has 0 aromatic heterocycles. The Balaban J connectivity index is 3.05. The van der Waals surface area contributed by atoms with E-state index in [1.165, 1.54) is 0 Å². The molecule has 3 atom stereocenters. The van der Waals surface area contributed by atoms with Crippen molar-refractivity contribution < 1.29 is 39.8 Å². The highest BCUT2D eigenvalue weighted by molar-refractivity contribution is 7.86. The van der Waals surface area contributed by atoms with Crippen LogP contribution in [0.5, 0.6) is 0 Å². The van der Waals surface area contributed by atoms with Crippen LogP contribution < -0.4 is 0 Å². The Morgan fingerprint density at radius 3 is 2.04 bits per heavy atom. The minimum absolute atomic E-state index is 0.244. The molecule has 1 heterocycles. The first-order valence-electron chi connectivity index (χ1n) is 7.32. The van der Waals surface area contributed by atoms with E-state index in [-0.39, 0.29) is 6.61 Å². The van der Waals surface area contributed by atoms with Crippen LogP contribution in [0.1, 0.15) is 19.8 Å². The largest absolute Gasteiger partial charge is 0.388 e. The number of aliphatic hydroxyl groups excluding tert-OH is 1. The van der Waals surface area contributed by atoms with Crippen molar-refractivity contribution in [1.82, 2.24) is 0 Å². The molecule has 1 saturated heterocycles. The van der Waals surface area contributed by atoms with Gasteiger partial charge in [-0.1, -0.05) is 13.3 Å². The Hall–Kier alpha value is -0.235. The quantitative estimate of drug-likeness (QED) is 0.278. The second-order valence-corrected chi connectivity index (χ2v) is 9.00. The van der Waals surface area contributed by atoms with Crippen molar-refractivity contribution in [3.8, 4) is 0 Å². The van der Waals surface area contributed by atoms with E-state index in [2.05, 4.69) is 0 Å². The van der Waals surface area contributed by atoms with E-state index in [0.717, 1.165) is 18.9 Å². The van der Waals surface area contributed by atoms with Gasteiger partial charge in [0.25, 0.3) is 20.2 Å². The van der Waals surface area contributed by atoms with Gasteiger partial charge in [0.05, 0.1) is 12.5 Å². The van der Waals surface area contributed by atoms with E-state index >= 15 is 0 Å². The summed E-state index contributed by atoms with van der Waals surface area (Å²) >= 11 is 0. The van der Waals surface area contributed by atoms with Crippen molar-refractivity contribution in [3.05, 3.63) is 0 Å². The summed E-state index contributed by atoms with van der Waals surface area (Å²) in [6, 6.07) is -1.21. The first-order valence-corrected chi connectivity index (χ1v) is 11.0. The van der Waals surface area contributed by atoms with Gasteiger partial charge in [-0.15, -0.1) is 0 Å². The van der Waals surface area contributed by atoms with Crippen LogP contribution in [0.2, 0.25) is 0 Å². The molecule has 0 bridgehead atoms. The molecule has 0 aromatic rings. The fourth-order valence-corrected chi connectivity index (χ4v) is 3.01. The first-order chi connectivity index (χ1) is 10.9. The lowest BCUT2D eigenvalue weighted by Crippen LogP contribution is -2.52. The molecule has 0 aromatic carbocycles. The lowest BCUT2D eigenvalue weighted by molar-refractivity contribution is -0.134. The maximum absolute atomic E-state index is 11.3. The highest BCUT2D eigenvalue weighted by atomic mass is 32.2. The second kappa shape index (κ2) is 8.43. The Bertz CT molecular complexity index is 568. The van der Waals surface area contributed by atoms with Crippen LogP contribution in [-0.4, -0.2) is 85.9 Å². The molecule has 2 radical (unpaired) electrons. The maximum atomic E-state index is 11.3. The zero-order chi connectivity index (χ0) is 18.6. The summed E-state index contributed by atoms with van der Waals surface area (Å²) in [6.45, 7) is 0.961. The smallest absolute Gasteiger partial charge is 0.264 e. The van der Waals surface area contributed by atoms with Gasteiger partial charge in [0.2, 0.25) is 0 Å².